The highest BCUT2D eigenvalue weighted by Crippen LogP contribution is 2.48. The average Bonchev–Trinajstić information content (AvgIpc) is 3.66. The first-order valence-corrected chi connectivity index (χ1v) is 18.1. The molecule has 3 aromatic rings. The van der Waals surface area contributed by atoms with E-state index in [0.717, 1.165) is 48.5 Å². The molecule has 7 nitrogen and oxygen atoms in total. The number of amides is 1. The zero-order valence-electron chi connectivity index (χ0n) is 25.2. The van der Waals surface area contributed by atoms with Crippen molar-refractivity contribution >= 4 is 25.8 Å². The largest absolute Gasteiger partial charge is 0.490 e. The van der Waals surface area contributed by atoms with E-state index in [4.69, 9.17) is 14.1 Å². The molecule has 9 heteroatoms. The van der Waals surface area contributed by atoms with Gasteiger partial charge in [0.2, 0.25) is 5.91 Å². The van der Waals surface area contributed by atoms with Crippen molar-refractivity contribution in [2.45, 2.75) is 83.5 Å². The lowest BCUT2D eigenvalue weighted by atomic mass is 9.81. The van der Waals surface area contributed by atoms with Crippen LogP contribution in [0, 0.1) is 11.3 Å². The Balaban J connectivity index is 1.34. The molecule has 2 aliphatic rings. The highest BCUT2D eigenvalue weighted by atomic mass is 32.1. The fourth-order valence-electron chi connectivity index (χ4n) is 5.67. The molecule has 1 fully saturated rings. The van der Waals surface area contributed by atoms with Gasteiger partial charge in [-0.05, 0) is 92.1 Å². The van der Waals surface area contributed by atoms with E-state index in [1.165, 1.54) is 22.7 Å². The van der Waals surface area contributed by atoms with Gasteiger partial charge in [-0.3, -0.25) is 4.79 Å². The maximum Gasteiger partial charge on any atom is 0.247 e. The van der Waals surface area contributed by atoms with Crippen LogP contribution in [0.15, 0.2) is 36.4 Å². The van der Waals surface area contributed by atoms with Gasteiger partial charge in [0.25, 0.3) is 0 Å². The van der Waals surface area contributed by atoms with Gasteiger partial charge in [-0.15, -0.1) is 0 Å². The van der Waals surface area contributed by atoms with Crippen LogP contribution in [0.25, 0.3) is 22.0 Å². The number of nitriles is 1. The Morgan fingerprint density at radius 3 is 2.71 bits per heavy atom. The van der Waals surface area contributed by atoms with E-state index < -0.39 is 8.32 Å². The van der Waals surface area contributed by atoms with Crippen molar-refractivity contribution in [2.75, 3.05) is 19.7 Å². The van der Waals surface area contributed by atoms with Crippen molar-refractivity contribution in [3.8, 4) is 33.8 Å². The molecule has 216 valence electrons. The summed E-state index contributed by atoms with van der Waals surface area (Å²) in [7, 11) is -1.98. The number of hydrogen-bond donors (Lipinski definition) is 0. The normalized spacial score (nSPS) is 18.7. The lowest BCUT2D eigenvalue weighted by Crippen LogP contribution is -2.44. The molecule has 0 bridgehead atoms. The van der Waals surface area contributed by atoms with Gasteiger partial charge >= 0.3 is 0 Å². The van der Waals surface area contributed by atoms with E-state index in [1.807, 2.05) is 30.9 Å². The number of benzene rings is 2. The molecule has 1 aliphatic carbocycles. The van der Waals surface area contributed by atoms with Crippen LogP contribution in [0.5, 0.6) is 5.75 Å². The predicted molar refractivity (Wildman–Crippen MR) is 166 cm³/mol. The van der Waals surface area contributed by atoms with Crippen molar-refractivity contribution in [3.63, 3.8) is 0 Å². The molecule has 1 atom stereocenters. The fourth-order valence-corrected chi connectivity index (χ4v) is 7.33. The molecule has 0 radical (unpaired) electrons. The molecular formula is C32H40N4O3SSi. The average molecular weight is 589 g/mol. The molecule has 1 unspecified atom stereocenters. The molecule has 2 aromatic carbocycles. The van der Waals surface area contributed by atoms with Gasteiger partial charge in [0.05, 0.1) is 11.7 Å². The highest BCUT2D eigenvalue weighted by molar-refractivity contribution is 7.09. The maximum absolute atomic E-state index is 13.2. The van der Waals surface area contributed by atoms with Crippen LogP contribution < -0.4 is 4.74 Å². The topological polar surface area (TPSA) is 88.3 Å². The summed E-state index contributed by atoms with van der Waals surface area (Å²) in [6.45, 7) is 16.5. The number of likely N-dealkylation sites (tertiary alicyclic amines) is 1. The van der Waals surface area contributed by atoms with E-state index >= 15 is 0 Å². The molecule has 0 N–H and O–H groups in total. The van der Waals surface area contributed by atoms with Crippen molar-refractivity contribution in [2.24, 2.45) is 0 Å². The SMILES string of the molecule is CC(C)Oc1ccc(-c2nsc(-c3cccc4c3CCC43CCN(C(=O)CO[Si](C)(C)C(C)(C)C)C3)n2)cc1C#N. The summed E-state index contributed by atoms with van der Waals surface area (Å²) >= 11 is 1.39. The number of carbonyl (C=O) groups excluding carboxylic acids is 1. The van der Waals surface area contributed by atoms with Crippen molar-refractivity contribution in [1.82, 2.24) is 14.3 Å². The van der Waals surface area contributed by atoms with Crippen LogP contribution in [0.1, 0.15) is 64.2 Å². The van der Waals surface area contributed by atoms with Crippen LogP contribution in [0.2, 0.25) is 18.1 Å². The number of fused-ring (bicyclic) bond motifs is 2. The Labute approximate surface area is 248 Å². The van der Waals surface area contributed by atoms with Gasteiger partial charge in [-0.1, -0.05) is 39.0 Å². The third kappa shape index (κ3) is 5.70. The minimum atomic E-state index is -1.98. The first kappa shape index (κ1) is 29.4. The van der Waals surface area contributed by atoms with E-state index in [0.29, 0.717) is 17.1 Å². The van der Waals surface area contributed by atoms with Crippen molar-refractivity contribution in [3.05, 3.63) is 53.1 Å². The van der Waals surface area contributed by atoms with E-state index in [-0.39, 0.29) is 29.1 Å². The lowest BCUT2D eigenvalue weighted by molar-refractivity contribution is -0.132. The second kappa shape index (κ2) is 11.0. The van der Waals surface area contributed by atoms with Gasteiger partial charge in [0.1, 0.15) is 23.4 Å². The quantitative estimate of drug-likeness (QED) is 0.277. The van der Waals surface area contributed by atoms with Crippen LogP contribution in [0.3, 0.4) is 0 Å². The predicted octanol–water partition coefficient (Wildman–Crippen LogP) is 6.97. The summed E-state index contributed by atoms with van der Waals surface area (Å²) in [5.74, 6) is 1.29. The summed E-state index contributed by atoms with van der Waals surface area (Å²) in [5.41, 5.74) is 5.04. The number of carbonyl (C=O) groups is 1. The van der Waals surface area contributed by atoms with Crippen LogP contribution in [-0.4, -0.2) is 54.3 Å². The van der Waals surface area contributed by atoms with Gasteiger partial charge in [-0.25, -0.2) is 4.98 Å². The zero-order valence-corrected chi connectivity index (χ0v) is 27.0. The number of nitrogens with zero attached hydrogens (tertiary/aromatic N) is 4. The molecule has 0 saturated carbocycles. The molecule has 1 aliphatic heterocycles. The van der Waals surface area contributed by atoms with Crippen LogP contribution >= 0.6 is 11.5 Å². The third-order valence-electron chi connectivity index (χ3n) is 9.05. The first-order valence-electron chi connectivity index (χ1n) is 14.4. The highest BCUT2D eigenvalue weighted by Gasteiger charge is 2.46. The molecule has 1 saturated heterocycles. The Kier molecular flexibility index (Phi) is 7.88. The fraction of sp³-hybridized carbons (Fsp3) is 0.500. The monoisotopic (exact) mass is 588 g/mol. The van der Waals surface area contributed by atoms with Crippen LogP contribution in [0.4, 0.5) is 0 Å². The summed E-state index contributed by atoms with van der Waals surface area (Å²) in [6.07, 6.45) is 2.95. The number of hydrogen-bond acceptors (Lipinski definition) is 7. The number of aromatic nitrogens is 2. The molecule has 2 heterocycles. The van der Waals surface area contributed by atoms with E-state index in [1.54, 1.807) is 6.07 Å². The Morgan fingerprint density at radius 1 is 1.22 bits per heavy atom. The number of rotatable bonds is 7. The minimum absolute atomic E-state index is 0.0129. The molecule has 41 heavy (non-hydrogen) atoms. The Morgan fingerprint density at radius 2 is 2.00 bits per heavy atom. The summed E-state index contributed by atoms with van der Waals surface area (Å²) < 4.78 is 16.7. The molecule has 1 aromatic heterocycles. The van der Waals surface area contributed by atoms with Gasteiger partial charge in [0.15, 0.2) is 14.1 Å². The Bertz CT molecular complexity index is 1500. The lowest BCUT2D eigenvalue weighted by Gasteiger charge is -2.36. The van der Waals surface area contributed by atoms with Gasteiger partial charge in [-0.2, -0.15) is 9.64 Å². The number of ether oxygens (including phenoxy) is 1. The first-order chi connectivity index (χ1) is 19.3. The second-order valence-corrected chi connectivity index (χ2v) is 18.7. The third-order valence-corrected chi connectivity index (χ3v) is 14.3. The maximum atomic E-state index is 13.2. The van der Waals surface area contributed by atoms with E-state index in [2.05, 4.69) is 62.5 Å². The van der Waals surface area contributed by atoms with Crippen molar-refractivity contribution in [1.29, 1.82) is 5.26 Å². The Hall–Kier alpha value is -3.06. The molecule has 1 spiro atoms. The standard InChI is InChI=1S/C32H40N4O3SSi/c1-21(2)39-27-12-11-22(17-23(27)18-33)29-34-30(40-35-29)25-9-8-10-26-24(25)13-14-32(26)15-16-36(20-32)28(37)19-38-41(6,7)31(3,4)5/h8-12,17,21H,13-16,19-20H2,1-7H3. The molecular weight excluding hydrogens is 549 g/mol. The van der Waals surface area contributed by atoms with Gasteiger partial charge in [0, 0.05) is 29.6 Å². The second-order valence-electron chi connectivity index (χ2n) is 13.1. The van der Waals surface area contributed by atoms with Gasteiger partial charge < -0.3 is 14.1 Å². The zero-order chi connectivity index (χ0) is 29.6. The van der Waals surface area contributed by atoms with Crippen LogP contribution in [-0.2, 0) is 21.1 Å². The summed E-state index contributed by atoms with van der Waals surface area (Å²) in [6, 6.07) is 14.2. The van der Waals surface area contributed by atoms with E-state index in [9.17, 15) is 10.1 Å². The minimum Gasteiger partial charge on any atom is -0.490 e. The summed E-state index contributed by atoms with van der Waals surface area (Å²) in [4.78, 5) is 20.1. The molecule has 5 rings (SSSR count). The van der Waals surface area contributed by atoms with Crippen molar-refractivity contribution < 1.29 is 14.0 Å². The summed E-state index contributed by atoms with van der Waals surface area (Å²) in [5, 5.41) is 10.6. The smallest absolute Gasteiger partial charge is 0.247 e. The molecule has 1 amide bonds.